The smallest absolute Gasteiger partial charge is 0.237 e. The van der Waals surface area contributed by atoms with E-state index in [1.54, 1.807) is 19.5 Å². The molecule has 1 aromatic rings. The van der Waals surface area contributed by atoms with Gasteiger partial charge in [-0.2, -0.15) is 0 Å². The molecule has 0 aliphatic rings. The Bertz CT molecular complexity index is 405. The normalized spacial score (nSPS) is 13.6. The minimum Gasteiger partial charge on any atom is -0.480 e. The summed E-state index contributed by atoms with van der Waals surface area (Å²) in [4.78, 5) is 11.2. The number of hydrogen-bond acceptors (Lipinski definition) is 5. The van der Waals surface area contributed by atoms with Crippen LogP contribution in [0, 0.1) is 0 Å². The van der Waals surface area contributed by atoms with Crippen LogP contribution in [0.2, 0.25) is 0 Å². The predicted octanol–water partition coefficient (Wildman–Crippen LogP) is 2.26. The highest BCUT2D eigenvalue weighted by molar-refractivity contribution is 5.24. The van der Waals surface area contributed by atoms with E-state index in [9.17, 15) is 0 Å². The van der Waals surface area contributed by atoms with Gasteiger partial charge in [-0.15, -0.1) is 0 Å². The van der Waals surface area contributed by atoms with Crippen LogP contribution in [-0.4, -0.2) is 47.2 Å². The van der Waals surface area contributed by atoms with Crippen LogP contribution in [0.3, 0.4) is 0 Å². The topological polar surface area (TPSA) is 50.3 Å². The third-order valence-corrected chi connectivity index (χ3v) is 3.85. The Labute approximate surface area is 122 Å². The number of rotatable bonds is 8. The lowest BCUT2D eigenvalue weighted by Gasteiger charge is -2.43. The van der Waals surface area contributed by atoms with Gasteiger partial charge in [0.1, 0.15) is 5.69 Å². The van der Waals surface area contributed by atoms with Crippen molar-refractivity contribution in [1.29, 1.82) is 0 Å². The molecule has 0 spiro atoms. The van der Waals surface area contributed by atoms with E-state index in [4.69, 9.17) is 4.74 Å². The molecule has 0 fully saturated rings. The maximum Gasteiger partial charge on any atom is 0.237 e. The minimum atomic E-state index is -0.0805. The van der Waals surface area contributed by atoms with Crippen LogP contribution in [0.25, 0.3) is 0 Å². The molecule has 0 aromatic carbocycles. The summed E-state index contributed by atoms with van der Waals surface area (Å²) >= 11 is 0. The van der Waals surface area contributed by atoms with Crippen LogP contribution >= 0.6 is 0 Å². The zero-order valence-corrected chi connectivity index (χ0v) is 13.6. The van der Waals surface area contributed by atoms with Gasteiger partial charge in [-0.3, -0.25) is 9.88 Å². The summed E-state index contributed by atoms with van der Waals surface area (Å²) in [6.45, 7) is 13.8. The molecule has 0 aliphatic carbocycles. The van der Waals surface area contributed by atoms with Crippen LogP contribution in [0.4, 0.5) is 0 Å². The molecule has 0 aliphatic heterocycles. The number of likely N-dealkylation sites (N-methyl/N-ethyl adjacent to an activating group) is 2. The summed E-state index contributed by atoms with van der Waals surface area (Å²) in [6, 6.07) is 0.0658. The van der Waals surface area contributed by atoms with E-state index >= 15 is 0 Å². The molecule has 0 amide bonds. The molecule has 1 rings (SSSR count). The molecule has 1 aromatic heterocycles. The first-order valence-electron chi connectivity index (χ1n) is 7.36. The zero-order valence-electron chi connectivity index (χ0n) is 13.6. The fourth-order valence-electron chi connectivity index (χ4n) is 2.80. The summed E-state index contributed by atoms with van der Waals surface area (Å²) < 4.78 is 5.38. The van der Waals surface area contributed by atoms with E-state index in [0.29, 0.717) is 5.88 Å². The van der Waals surface area contributed by atoms with Crippen molar-refractivity contribution in [2.24, 2.45) is 0 Å². The lowest BCUT2D eigenvalue weighted by atomic mass is 9.89. The van der Waals surface area contributed by atoms with Crippen molar-refractivity contribution >= 4 is 0 Å². The van der Waals surface area contributed by atoms with E-state index in [0.717, 1.165) is 25.3 Å². The summed E-state index contributed by atoms with van der Waals surface area (Å²) in [7, 11) is 1.64. The Hall–Kier alpha value is -1.20. The highest BCUT2D eigenvalue weighted by Gasteiger charge is 2.37. The maximum atomic E-state index is 5.38. The highest BCUT2D eigenvalue weighted by Crippen LogP contribution is 2.33. The summed E-state index contributed by atoms with van der Waals surface area (Å²) in [5.41, 5.74) is 0.789. The third-order valence-electron chi connectivity index (χ3n) is 3.85. The molecule has 1 atom stereocenters. The van der Waals surface area contributed by atoms with Crippen molar-refractivity contribution in [2.75, 3.05) is 26.7 Å². The number of methoxy groups -OCH3 is 1. The van der Waals surface area contributed by atoms with Crippen LogP contribution in [0.1, 0.15) is 46.4 Å². The molecule has 5 heteroatoms. The van der Waals surface area contributed by atoms with Crippen LogP contribution < -0.4 is 10.1 Å². The molecule has 0 saturated carbocycles. The summed E-state index contributed by atoms with van der Waals surface area (Å²) in [6.07, 6.45) is 3.39. The van der Waals surface area contributed by atoms with Crippen LogP contribution in [-0.2, 0) is 0 Å². The Morgan fingerprint density at radius 2 is 1.80 bits per heavy atom. The number of aromatic nitrogens is 2. The van der Waals surface area contributed by atoms with E-state index in [1.165, 1.54) is 0 Å². The SMILES string of the molecule is CCNC(c1nccnc1OC)C(C)(C)N(CC)CC. The lowest BCUT2D eigenvalue weighted by molar-refractivity contribution is 0.0886. The molecule has 1 N–H and O–H groups in total. The van der Waals surface area contributed by atoms with Crippen LogP contribution in [0.5, 0.6) is 5.88 Å². The Balaban J connectivity index is 3.22. The first-order chi connectivity index (χ1) is 9.52. The van der Waals surface area contributed by atoms with E-state index in [-0.39, 0.29) is 11.6 Å². The second-order valence-electron chi connectivity index (χ2n) is 5.27. The van der Waals surface area contributed by atoms with Gasteiger partial charge in [-0.25, -0.2) is 4.98 Å². The van der Waals surface area contributed by atoms with Crippen molar-refractivity contribution in [3.8, 4) is 5.88 Å². The molecule has 0 bridgehead atoms. The van der Waals surface area contributed by atoms with Gasteiger partial charge >= 0.3 is 0 Å². The average Bonchev–Trinajstić information content (AvgIpc) is 2.45. The van der Waals surface area contributed by atoms with Gasteiger partial charge in [0.25, 0.3) is 0 Å². The summed E-state index contributed by atoms with van der Waals surface area (Å²) in [5, 5.41) is 3.54. The average molecular weight is 280 g/mol. The third kappa shape index (κ3) is 3.46. The molecule has 20 heavy (non-hydrogen) atoms. The monoisotopic (exact) mass is 280 g/mol. The second-order valence-corrected chi connectivity index (χ2v) is 5.27. The van der Waals surface area contributed by atoms with Crippen LogP contribution in [0.15, 0.2) is 12.4 Å². The standard InChI is InChI=1S/C15H28N4O/c1-7-16-13(15(4,5)19(8-2)9-3)12-14(20-6)18-11-10-17-12/h10-11,13,16H,7-9H2,1-6H3. The van der Waals surface area contributed by atoms with Crippen molar-refractivity contribution < 1.29 is 4.74 Å². The quantitative estimate of drug-likeness (QED) is 0.791. The molecule has 0 saturated heterocycles. The van der Waals surface area contributed by atoms with E-state index in [2.05, 4.69) is 54.8 Å². The Morgan fingerprint density at radius 3 is 2.30 bits per heavy atom. The highest BCUT2D eigenvalue weighted by atomic mass is 16.5. The van der Waals surface area contributed by atoms with Gasteiger partial charge in [-0.05, 0) is 33.5 Å². The maximum absolute atomic E-state index is 5.38. The van der Waals surface area contributed by atoms with Crippen molar-refractivity contribution in [3.63, 3.8) is 0 Å². The fourth-order valence-corrected chi connectivity index (χ4v) is 2.80. The van der Waals surface area contributed by atoms with Crippen molar-refractivity contribution in [2.45, 2.75) is 46.2 Å². The largest absolute Gasteiger partial charge is 0.480 e. The first kappa shape index (κ1) is 16.9. The van der Waals surface area contributed by atoms with E-state index in [1.807, 2.05) is 0 Å². The Kier molecular flexibility index (Phi) is 6.36. The number of ether oxygens (including phenoxy) is 1. The number of nitrogens with one attached hydrogen (secondary N) is 1. The molecular formula is C15H28N4O. The number of nitrogens with zero attached hydrogens (tertiary/aromatic N) is 3. The molecule has 0 radical (unpaired) electrons. The van der Waals surface area contributed by atoms with Gasteiger partial charge in [0.2, 0.25) is 5.88 Å². The lowest BCUT2D eigenvalue weighted by Crippen LogP contribution is -2.53. The molecule has 114 valence electrons. The van der Waals surface area contributed by atoms with Gasteiger partial charge < -0.3 is 10.1 Å². The molecule has 1 heterocycles. The zero-order chi connectivity index (χ0) is 15.2. The fraction of sp³-hybridized carbons (Fsp3) is 0.733. The molecular weight excluding hydrogens is 252 g/mol. The second kappa shape index (κ2) is 7.55. The van der Waals surface area contributed by atoms with Gasteiger partial charge in [0.15, 0.2) is 0 Å². The first-order valence-corrected chi connectivity index (χ1v) is 7.36. The van der Waals surface area contributed by atoms with Crippen molar-refractivity contribution in [3.05, 3.63) is 18.1 Å². The van der Waals surface area contributed by atoms with E-state index < -0.39 is 0 Å². The minimum absolute atomic E-state index is 0.0658. The molecule has 1 unspecified atom stereocenters. The predicted molar refractivity (Wildman–Crippen MR) is 82.0 cm³/mol. The number of hydrogen-bond donors (Lipinski definition) is 1. The molecule has 5 nitrogen and oxygen atoms in total. The van der Waals surface area contributed by atoms with Gasteiger partial charge in [0, 0.05) is 17.9 Å². The Morgan fingerprint density at radius 1 is 1.20 bits per heavy atom. The van der Waals surface area contributed by atoms with Crippen molar-refractivity contribution in [1.82, 2.24) is 20.2 Å². The van der Waals surface area contributed by atoms with Gasteiger partial charge in [-0.1, -0.05) is 20.8 Å². The summed E-state index contributed by atoms with van der Waals surface area (Å²) in [5.74, 6) is 0.596. The van der Waals surface area contributed by atoms with Gasteiger partial charge in [0.05, 0.1) is 13.2 Å².